The van der Waals surface area contributed by atoms with Gasteiger partial charge in [-0.3, -0.25) is 4.90 Å². The first-order chi connectivity index (χ1) is 45.4. The third-order valence-corrected chi connectivity index (χ3v) is 16.5. The number of rotatable bonds is 14. The Morgan fingerprint density at radius 3 is 1.60 bits per heavy atom. The lowest BCUT2D eigenvalue weighted by Gasteiger charge is -2.27. The summed E-state index contributed by atoms with van der Waals surface area (Å²) in [7, 11) is 3.79. The minimum Gasteiger partial charge on any atom is -0.375 e. The molecule has 2 atom stereocenters. The fourth-order valence-electron chi connectivity index (χ4n) is 11.1. The number of pyridine rings is 2. The first-order valence-corrected chi connectivity index (χ1v) is 32.0. The molecular formula is C64H66Cl4N24O. The summed E-state index contributed by atoms with van der Waals surface area (Å²) in [6.07, 6.45) is 11.0. The minimum absolute atomic E-state index is 0.128. The van der Waals surface area contributed by atoms with Crippen molar-refractivity contribution in [2.45, 2.75) is 70.5 Å². The molecule has 0 saturated carbocycles. The van der Waals surface area contributed by atoms with E-state index in [1.54, 1.807) is 22.3 Å². The van der Waals surface area contributed by atoms with Gasteiger partial charge in [0.2, 0.25) is 56.8 Å². The maximum atomic E-state index is 6.18. The zero-order valence-electron chi connectivity index (χ0n) is 51.3. The van der Waals surface area contributed by atoms with Gasteiger partial charge in [0.25, 0.3) is 5.95 Å². The second-order valence-corrected chi connectivity index (χ2v) is 23.1. The summed E-state index contributed by atoms with van der Waals surface area (Å²) in [4.78, 5) is 73.2. The molecule has 0 radical (unpaired) electrons. The van der Waals surface area contributed by atoms with Crippen molar-refractivity contribution < 1.29 is 4.74 Å². The number of aromatic nitrogens is 14. The molecule has 15 rings (SSSR count). The van der Waals surface area contributed by atoms with E-state index in [9.17, 15) is 0 Å². The number of anilines is 15. The van der Waals surface area contributed by atoms with E-state index in [1.165, 1.54) is 25.7 Å². The summed E-state index contributed by atoms with van der Waals surface area (Å²) >= 11 is 24.6. The van der Waals surface area contributed by atoms with Gasteiger partial charge in [0.15, 0.2) is 0 Å². The predicted molar refractivity (Wildman–Crippen MR) is 366 cm³/mol. The van der Waals surface area contributed by atoms with Crippen LogP contribution in [0.15, 0.2) is 158 Å². The van der Waals surface area contributed by atoms with Crippen molar-refractivity contribution in [3.8, 4) is 0 Å². The number of hydrogen-bond donors (Lipinski definition) is 3. The maximum Gasteiger partial charge on any atom is 0.252 e. The van der Waals surface area contributed by atoms with Crippen molar-refractivity contribution >= 4 is 134 Å². The molecular weight excluding hydrogens is 1260 g/mol. The quantitative estimate of drug-likeness (QED) is 0.0915. The lowest BCUT2D eigenvalue weighted by Crippen LogP contribution is -2.33. The van der Waals surface area contributed by atoms with Crippen LogP contribution >= 0.6 is 46.4 Å². The van der Waals surface area contributed by atoms with Crippen molar-refractivity contribution in [3.05, 3.63) is 185 Å². The van der Waals surface area contributed by atoms with Crippen LogP contribution in [0.25, 0.3) is 0 Å². The largest absolute Gasteiger partial charge is 0.375 e. The number of nitrogens with one attached hydrogen (secondary N) is 3. The van der Waals surface area contributed by atoms with Gasteiger partial charge >= 0.3 is 0 Å². The number of hydrogen-bond acceptors (Lipinski definition) is 25. The van der Waals surface area contributed by atoms with Crippen LogP contribution in [0.1, 0.15) is 64.1 Å². The summed E-state index contributed by atoms with van der Waals surface area (Å²) in [6, 6.07) is 46.8. The lowest BCUT2D eigenvalue weighted by atomic mass is 9.95. The number of nitrogens with zero attached hydrogens (tertiary/aromatic N) is 21. The zero-order chi connectivity index (χ0) is 64.2. The van der Waals surface area contributed by atoms with Gasteiger partial charge in [-0.15, -0.1) is 5.53 Å². The maximum absolute atomic E-state index is 6.18. The number of hydrazine groups is 2. The first-order valence-electron chi connectivity index (χ1n) is 30.5. The Morgan fingerprint density at radius 1 is 0.495 bits per heavy atom. The van der Waals surface area contributed by atoms with Crippen LogP contribution in [0, 0.1) is 0 Å². The van der Waals surface area contributed by atoms with E-state index in [0.29, 0.717) is 77.4 Å². The Bertz CT molecular complexity index is 3910. The standard InChI is InChI=1S/C17H18ClN7.C17H16ClN5.C16H13ClN8.C14H19ClN4O/c1-3-24(4-2)16-21-15(18)22-17(23-16)25(13-9-5-7-11-19-13)14-10-6-8-12-20-14;1-22(13-9-5-3-6-10-13)16-19-15(18)20-17(21-16)23(2)14-11-7-4-8-12-14;17-14-19-15(24-9-18-10-5-1-3-7-12(10)24)21-16(20-14)25-13-8-4-2-6-11(13)22-23-25;15-13-16-12(9-7-10-3-4-11(8-9)20-10)17-14(18-13)19-5-1-2-6-19/h5-12H,3-4H2,1-2H3;3-12H,1-2H3;1-8,18,22-23H,9H2;9-11H,1-8H2. The van der Waals surface area contributed by atoms with Crippen molar-refractivity contribution in [2.75, 3.05) is 92.1 Å². The van der Waals surface area contributed by atoms with Crippen LogP contribution in [0.4, 0.5) is 87.4 Å². The topological polar surface area (TPSA) is 248 Å². The van der Waals surface area contributed by atoms with Crippen molar-refractivity contribution in [3.63, 3.8) is 0 Å². The van der Waals surface area contributed by atoms with Gasteiger partial charge in [0, 0.05) is 70.0 Å². The zero-order valence-corrected chi connectivity index (χ0v) is 54.4. The highest BCUT2D eigenvalue weighted by Crippen LogP contribution is 2.41. The third kappa shape index (κ3) is 15.4. The average Bonchev–Trinajstić information content (AvgIpc) is 1.92. The summed E-state index contributed by atoms with van der Waals surface area (Å²) in [5, 5.41) is 5.81. The molecule has 0 amide bonds. The Hall–Kier alpha value is -9.50. The van der Waals surface area contributed by atoms with Crippen LogP contribution in [0.2, 0.25) is 21.1 Å². The highest BCUT2D eigenvalue weighted by Gasteiger charge is 2.37. The van der Waals surface area contributed by atoms with E-state index < -0.39 is 0 Å². The van der Waals surface area contributed by atoms with Crippen LogP contribution in [0.3, 0.4) is 0 Å². The summed E-state index contributed by atoms with van der Waals surface area (Å²) < 4.78 is 5.89. The molecule has 3 saturated heterocycles. The van der Waals surface area contributed by atoms with Gasteiger partial charge in [-0.2, -0.15) is 54.8 Å². The van der Waals surface area contributed by atoms with Gasteiger partial charge < -0.3 is 35.1 Å². The van der Waals surface area contributed by atoms with E-state index >= 15 is 0 Å². The highest BCUT2D eigenvalue weighted by atomic mass is 35.5. The number of benzene rings is 4. The Balaban J connectivity index is 0.000000120. The second kappa shape index (κ2) is 29.8. The molecule has 5 aliphatic heterocycles. The number of halogens is 4. The van der Waals surface area contributed by atoms with Gasteiger partial charge in [-0.25, -0.2) is 24.9 Å². The number of fused-ring (bicyclic) bond motifs is 4. The molecule has 93 heavy (non-hydrogen) atoms. The monoisotopic (exact) mass is 1330 g/mol. The van der Waals surface area contributed by atoms with E-state index in [2.05, 4.69) is 86.0 Å². The number of ether oxygens (including phenoxy) is 1. The van der Waals surface area contributed by atoms with Gasteiger partial charge in [-0.1, -0.05) is 72.8 Å². The molecule has 3 N–H and O–H groups in total. The van der Waals surface area contributed by atoms with E-state index in [0.717, 1.165) is 84.9 Å². The fourth-order valence-corrected chi connectivity index (χ4v) is 11.8. The first kappa shape index (κ1) is 63.6. The van der Waals surface area contributed by atoms with Crippen LogP contribution in [0.5, 0.6) is 0 Å². The smallest absolute Gasteiger partial charge is 0.252 e. The van der Waals surface area contributed by atoms with Crippen LogP contribution in [-0.2, 0) is 4.74 Å². The third-order valence-electron chi connectivity index (χ3n) is 15.8. The van der Waals surface area contributed by atoms with Crippen LogP contribution in [-0.4, -0.2) is 129 Å². The fraction of sp³-hybridized carbons (Fsp3) is 0.281. The van der Waals surface area contributed by atoms with Crippen molar-refractivity contribution in [1.82, 2.24) is 75.3 Å². The molecule has 2 bridgehead atoms. The molecule has 6 aromatic heterocycles. The van der Waals surface area contributed by atoms with Crippen LogP contribution < -0.4 is 50.7 Å². The highest BCUT2D eigenvalue weighted by molar-refractivity contribution is 6.29. The van der Waals surface area contributed by atoms with Crippen molar-refractivity contribution in [1.29, 1.82) is 0 Å². The number of para-hydroxylation sites is 6. The van der Waals surface area contributed by atoms with E-state index in [1.807, 2.05) is 193 Å². The molecule has 29 heteroatoms. The molecule has 5 aliphatic rings. The molecule has 11 heterocycles. The molecule has 4 aromatic carbocycles. The SMILES string of the molecule is CCN(CC)c1nc(Cl)nc(N(c2ccccn2)c2ccccn2)n1.CN(c1ccccc1)c1nc(Cl)nc(N(C)c2ccccc2)n1.Clc1nc(C2CC3CCC(C2)O3)nc(N2CCCC2)n1.Clc1nc(N2CNc3ccccc32)nc(N2NNc3ccccc32)n1. The van der Waals surface area contributed by atoms with E-state index in [-0.39, 0.29) is 15.9 Å². The average molecular weight is 1330 g/mol. The Kier molecular flexibility index (Phi) is 20.4. The van der Waals surface area contributed by atoms with Gasteiger partial charge in [0.05, 0.1) is 41.6 Å². The molecule has 476 valence electrons. The molecule has 0 spiro atoms. The Morgan fingerprint density at radius 2 is 1.00 bits per heavy atom. The van der Waals surface area contributed by atoms with Gasteiger partial charge in [0.1, 0.15) is 17.5 Å². The minimum atomic E-state index is 0.128. The summed E-state index contributed by atoms with van der Waals surface area (Å²) in [5.41, 5.74) is 12.0. The Labute approximate surface area is 558 Å². The summed E-state index contributed by atoms with van der Waals surface area (Å²) in [6.45, 7) is 8.23. The summed E-state index contributed by atoms with van der Waals surface area (Å²) in [5.74, 6) is 6.09. The molecule has 3 fully saturated rings. The second-order valence-electron chi connectivity index (χ2n) is 21.7. The molecule has 2 unspecified atom stereocenters. The molecule has 10 aromatic rings. The van der Waals surface area contributed by atoms with Gasteiger partial charge in [-0.05, 0) is 172 Å². The molecule has 25 nitrogen and oxygen atoms in total. The molecule has 0 aliphatic carbocycles. The lowest BCUT2D eigenvalue weighted by molar-refractivity contribution is -0.00510. The predicted octanol–water partition coefficient (Wildman–Crippen LogP) is 13.3. The normalized spacial score (nSPS) is 16.4. The van der Waals surface area contributed by atoms with Crippen molar-refractivity contribution in [2.24, 2.45) is 0 Å². The van der Waals surface area contributed by atoms with E-state index in [4.69, 9.17) is 56.1 Å².